The molecule has 0 aliphatic rings. The maximum Gasteiger partial charge on any atom is 0.322 e. The van der Waals surface area contributed by atoms with Crippen LogP contribution >= 0.6 is 0 Å². The van der Waals surface area contributed by atoms with Crippen LogP contribution in [-0.4, -0.2) is 44.4 Å². The van der Waals surface area contributed by atoms with Crippen molar-refractivity contribution in [2.24, 2.45) is 0 Å². The number of aromatic nitrogens is 1. The van der Waals surface area contributed by atoms with Crippen LogP contribution in [0.25, 0.3) is 0 Å². The van der Waals surface area contributed by atoms with Gasteiger partial charge in [-0.2, -0.15) is 0 Å². The number of rotatable bonds is 7. The lowest BCUT2D eigenvalue weighted by Crippen LogP contribution is -2.40. The number of aliphatic carboxylic acids is 1. The van der Waals surface area contributed by atoms with E-state index >= 15 is 0 Å². The number of nitrogens with one attached hydrogen (secondary N) is 2. The van der Waals surface area contributed by atoms with Crippen LogP contribution in [0.4, 0.5) is 17.2 Å². The highest BCUT2D eigenvalue weighted by atomic mass is 16.6. The predicted molar refractivity (Wildman–Crippen MR) is 71.3 cm³/mol. The molecule has 1 aromatic heterocycles. The molecule has 0 aliphatic carbocycles. The van der Waals surface area contributed by atoms with Gasteiger partial charge in [-0.3, -0.25) is 29.8 Å². The van der Waals surface area contributed by atoms with Gasteiger partial charge in [-0.25, -0.2) is 4.98 Å². The fourth-order valence-corrected chi connectivity index (χ4v) is 1.38. The zero-order valence-corrected chi connectivity index (χ0v) is 11.2. The summed E-state index contributed by atoms with van der Waals surface area (Å²) in [6, 6.07) is -0.330. The number of amides is 1. The van der Waals surface area contributed by atoms with E-state index in [4.69, 9.17) is 5.11 Å². The Hall–Kier alpha value is -3.31. The summed E-state index contributed by atoms with van der Waals surface area (Å²) in [5.74, 6) is -2.31. The van der Waals surface area contributed by atoms with Crippen LogP contribution in [0.5, 0.6) is 0 Å². The number of nitro groups is 2. The lowest BCUT2D eigenvalue weighted by atomic mass is 10.3. The molecular formula is C10H11N5O7. The molecule has 1 aromatic rings. The number of carboxylic acid groups (broad SMARTS) is 1. The van der Waals surface area contributed by atoms with Crippen molar-refractivity contribution < 1.29 is 24.5 Å². The van der Waals surface area contributed by atoms with Crippen LogP contribution in [0.3, 0.4) is 0 Å². The van der Waals surface area contributed by atoms with Crippen molar-refractivity contribution in [3.05, 3.63) is 32.5 Å². The summed E-state index contributed by atoms with van der Waals surface area (Å²) in [6.45, 7) is 0.713. The largest absolute Gasteiger partial charge is 0.480 e. The second-order valence-electron chi connectivity index (χ2n) is 4.05. The average molecular weight is 313 g/mol. The maximum atomic E-state index is 11.6. The Bertz CT molecular complexity index is 632. The lowest BCUT2D eigenvalue weighted by molar-refractivity contribution is -0.394. The van der Waals surface area contributed by atoms with Gasteiger partial charge in [-0.15, -0.1) is 0 Å². The van der Waals surface area contributed by atoms with Crippen LogP contribution < -0.4 is 10.6 Å². The third kappa shape index (κ3) is 4.36. The molecule has 12 nitrogen and oxygen atoms in total. The Kier molecular flexibility index (Phi) is 5.26. The van der Waals surface area contributed by atoms with E-state index in [1.807, 2.05) is 0 Å². The van der Waals surface area contributed by atoms with Crippen molar-refractivity contribution >= 4 is 29.1 Å². The highest BCUT2D eigenvalue weighted by molar-refractivity contribution is 5.87. The van der Waals surface area contributed by atoms with E-state index in [2.05, 4.69) is 15.6 Å². The molecule has 0 unspecified atom stereocenters. The molecule has 0 fully saturated rings. The third-order valence-electron chi connectivity index (χ3n) is 2.42. The standard InChI is InChI=1S/C10H11N5O7/c1-5(10(18)12-4-8(16)17)13-9-7(15(21)22)2-6(3-11-9)14(19)20/h2-3,5H,4H2,1H3,(H,11,13)(H,12,18)(H,16,17)/t5-/m0/s1. The van der Waals surface area contributed by atoms with E-state index in [1.165, 1.54) is 6.92 Å². The molecule has 0 aromatic carbocycles. The number of hydrogen-bond donors (Lipinski definition) is 3. The zero-order valence-electron chi connectivity index (χ0n) is 11.2. The van der Waals surface area contributed by atoms with Gasteiger partial charge in [0.1, 0.15) is 18.8 Å². The first-order valence-electron chi connectivity index (χ1n) is 5.77. The molecule has 0 aliphatic heterocycles. The molecule has 118 valence electrons. The van der Waals surface area contributed by atoms with Crippen LogP contribution in [0, 0.1) is 20.2 Å². The fraction of sp³-hybridized carbons (Fsp3) is 0.300. The second kappa shape index (κ2) is 6.92. The van der Waals surface area contributed by atoms with E-state index < -0.39 is 45.7 Å². The van der Waals surface area contributed by atoms with Crippen LogP contribution in [0.1, 0.15) is 6.92 Å². The van der Waals surface area contributed by atoms with E-state index in [9.17, 15) is 29.8 Å². The summed E-state index contributed by atoms with van der Waals surface area (Å²) >= 11 is 0. The van der Waals surface area contributed by atoms with E-state index in [-0.39, 0.29) is 5.82 Å². The molecule has 1 amide bonds. The van der Waals surface area contributed by atoms with Crippen LogP contribution in [0.15, 0.2) is 12.3 Å². The number of carbonyl (C=O) groups excluding carboxylic acids is 1. The van der Waals surface area contributed by atoms with Crippen molar-refractivity contribution in [1.29, 1.82) is 0 Å². The van der Waals surface area contributed by atoms with Crippen molar-refractivity contribution in [3.63, 3.8) is 0 Å². The van der Waals surface area contributed by atoms with E-state index in [1.54, 1.807) is 0 Å². The van der Waals surface area contributed by atoms with Gasteiger partial charge in [-0.05, 0) is 6.92 Å². The molecule has 1 atom stereocenters. The highest BCUT2D eigenvalue weighted by Gasteiger charge is 2.24. The normalized spacial score (nSPS) is 11.3. The molecule has 1 heterocycles. The maximum absolute atomic E-state index is 11.6. The Morgan fingerprint density at radius 2 is 2.00 bits per heavy atom. The van der Waals surface area contributed by atoms with Crippen molar-refractivity contribution in [2.45, 2.75) is 13.0 Å². The lowest BCUT2D eigenvalue weighted by Gasteiger charge is -2.13. The molecule has 0 spiro atoms. The minimum Gasteiger partial charge on any atom is -0.480 e. The molecule has 3 N–H and O–H groups in total. The molecule has 12 heteroatoms. The quantitative estimate of drug-likeness (QED) is 0.457. The first-order valence-corrected chi connectivity index (χ1v) is 5.77. The molecule has 0 saturated heterocycles. The van der Waals surface area contributed by atoms with Crippen molar-refractivity contribution in [1.82, 2.24) is 10.3 Å². The van der Waals surface area contributed by atoms with Crippen molar-refractivity contribution in [2.75, 3.05) is 11.9 Å². The predicted octanol–water partition coefficient (Wildman–Crippen LogP) is -0.101. The molecule has 22 heavy (non-hydrogen) atoms. The number of carboxylic acids is 1. The van der Waals surface area contributed by atoms with Gasteiger partial charge < -0.3 is 15.7 Å². The van der Waals surface area contributed by atoms with Gasteiger partial charge in [0.05, 0.1) is 15.9 Å². The first kappa shape index (κ1) is 16.7. The summed E-state index contributed by atoms with van der Waals surface area (Å²) in [6.07, 6.45) is 0.803. The van der Waals surface area contributed by atoms with Gasteiger partial charge in [-0.1, -0.05) is 0 Å². The van der Waals surface area contributed by atoms with Gasteiger partial charge in [0.2, 0.25) is 11.7 Å². The second-order valence-corrected chi connectivity index (χ2v) is 4.05. The van der Waals surface area contributed by atoms with Crippen LogP contribution in [-0.2, 0) is 9.59 Å². The average Bonchev–Trinajstić information content (AvgIpc) is 2.44. The number of anilines is 1. The Balaban J connectivity index is 2.92. The number of hydrogen-bond acceptors (Lipinski definition) is 8. The SMILES string of the molecule is C[C@H](Nc1ncc([N+](=O)[O-])cc1[N+](=O)[O-])C(=O)NCC(=O)O. The Morgan fingerprint density at radius 1 is 1.36 bits per heavy atom. The minimum absolute atomic E-state index is 0.339. The fourth-order valence-electron chi connectivity index (χ4n) is 1.38. The first-order chi connectivity index (χ1) is 10.2. The smallest absolute Gasteiger partial charge is 0.322 e. The third-order valence-corrected chi connectivity index (χ3v) is 2.42. The zero-order chi connectivity index (χ0) is 16.9. The highest BCUT2D eigenvalue weighted by Crippen LogP contribution is 2.26. The van der Waals surface area contributed by atoms with Gasteiger partial charge >= 0.3 is 11.7 Å². The summed E-state index contributed by atoms with van der Waals surface area (Å²) in [7, 11) is 0. The van der Waals surface area contributed by atoms with E-state index in [0.717, 1.165) is 6.20 Å². The number of pyridine rings is 1. The molecular weight excluding hydrogens is 302 g/mol. The van der Waals surface area contributed by atoms with Gasteiger partial charge in [0.25, 0.3) is 5.69 Å². The Morgan fingerprint density at radius 3 is 2.50 bits per heavy atom. The van der Waals surface area contributed by atoms with E-state index in [0.29, 0.717) is 6.07 Å². The number of carbonyl (C=O) groups is 2. The van der Waals surface area contributed by atoms with Gasteiger partial charge in [0.15, 0.2) is 0 Å². The molecule has 1 rings (SSSR count). The summed E-state index contributed by atoms with van der Waals surface area (Å²) in [4.78, 5) is 45.2. The minimum atomic E-state index is -1.25. The Labute approximate surface area is 122 Å². The number of nitrogens with zero attached hydrogens (tertiary/aromatic N) is 3. The summed E-state index contributed by atoms with van der Waals surface area (Å²) < 4.78 is 0. The monoisotopic (exact) mass is 313 g/mol. The molecule has 0 radical (unpaired) electrons. The van der Waals surface area contributed by atoms with Crippen LogP contribution in [0.2, 0.25) is 0 Å². The summed E-state index contributed by atoms with van der Waals surface area (Å²) in [5.41, 5.74) is -1.24. The topological polar surface area (TPSA) is 178 Å². The van der Waals surface area contributed by atoms with Gasteiger partial charge in [0, 0.05) is 0 Å². The summed E-state index contributed by atoms with van der Waals surface area (Å²) in [5, 5.41) is 34.4. The van der Waals surface area contributed by atoms with Crippen molar-refractivity contribution in [3.8, 4) is 0 Å². The molecule has 0 saturated carbocycles. The molecule has 0 bridgehead atoms.